The second-order valence-electron chi connectivity index (χ2n) is 7.59. The van der Waals surface area contributed by atoms with Crippen LogP contribution in [-0.2, 0) is 13.1 Å². The van der Waals surface area contributed by atoms with Gasteiger partial charge in [0.1, 0.15) is 11.3 Å². The van der Waals surface area contributed by atoms with E-state index in [2.05, 4.69) is 21.9 Å². The molecule has 6 heteroatoms. The Hall–Kier alpha value is -2.34. The molecule has 29 heavy (non-hydrogen) atoms. The third-order valence-corrected chi connectivity index (χ3v) is 5.94. The monoisotopic (exact) mass is 412 g/mol. The number of rotatable bonds is 5. The van der Waals surface area contributed by atoms with Gasteiger partial charge in [-0.1, -0.05) is 23.7 Å². The molecule has 2 heterocycles. The number of halogens is 1. The Balaban J connectivity index is 1.42. The van der Waals surface area contributed by atoms with Crippen molar-refractivity contribution in [2.45, 2.75) is 20.0 Å². The molecule has 0 aliphatic carbocycles. The fourth-order valence-corrected chi connectivity index (χ4v) is 3.98. The number of fused-ring (bicyclic) bond motifs is 1. The van der Waals surface area contributed by atoms with E-state index >= 15 is 0 Å². The Kier molecular flexibility index (Phi) is 5.90. The predicted octanol–water partition coefficient (Wildman–Crippen LogP) is 4.08. The molecular weight excluding hydrogens is 388 g/mol. The van der Waals surface area contributed by atoms with E-state index in [1.807, 2.05) is 31.2 Å². The first-order valence-electron chi connectivity index (χ1n) is 9.82. The number of piperazine rings is 1. The van der Waals surface area contributed by atoms with Gasteiger partial charge in [-0.3, -0.25) is 9.80 Å². The van der Waals surface area contributed by atoms with E-state index < -0.39 is 0 Å². The molecule has 0 spiro atoms. The molecular formula is C23H25ClN2O3. The van der Waals surface area contributed by atoms with Crippen molar-refractivity contribution >= 4 is 22.6 Å². The van der Waals surface area contributed by atoms with Gasteiger partial charge >= 0.3 is 5.63 Å². The van der Waals surface area contributed by atoms with Gasteiger partial charge < -0.3 is 9.15 Å². The summed E-state index contributed by atoms with van der Waals surface area (Å²) in [5, 5.41) is 1.61. The number of hydrogen-bond donors (Lipinski definition) is 0. The topological polar surface area (TPSA) is 45.9 Å². The standard InChI is InChI=1S/C23H25ClN2O3/c1-16-11-22-20(13-21(16)24)18(12-23(27)29-22)15-26-9-7-25(8-10-26)14-17-3-5-19(28-2)6-4-17/h3-6,11-13H,7-10,14-15H2,1-2H3. The maximum atomic E-state index is 12.0. The summed E-state index contributed by atoms with van der Waals surface area (Å²) in [4.78, 5) is 16.8. The molecule has 4 rings (SSSR count). The lowest BCUT2D eigenvalue weighted by Crippen LogP contribution is -2.45. The molecule has 5 nitrogen and oxygen atoms in total. The fourth-order valence-electron chi connectivity index (χ4n) is 3.81. The third-order valence-electron chi connectivity index (χ3n) is 5.53. The predicted molar refractivity (Wildman–Crippen MR) is 116 cm³/mol. The number of ether oxygens (including phenoxy) is 1. The lowest BCUT2D eigenvalue weighted by molar-refractivity contribution is 0.122. The summed E-state index contributed by atoms with van der Waals surface area (Å²) in [6, 6.07) is 13.6. The minimum atomic E-state index is -0.313. The summed E-state index contributed by atoms with van der Waals surface area (Å²) in [5.74, 6) is 0.883. The second-order valence-corrected chi connectivity index (χ2v) is 8.00. The highest BCUT2D eigenvalue weighted by molar-refractivity contribution is 6.32. The summed E-state index contributed by atoms with van der Waals surface area (Å²) in [5.41, 5.74) is 3.46. The van der Waals surface area contributed by atoms with Gasteiger partial charge in [-0.25, -0.2) is 4.79 Å². The van der Waals surface area contributed by atoms with Crippen molar-refractivity contribution in [1.29, 1.82) is 0 Å². The molecule has 1 aromatic heterocycles. The first-order valence-corrected chi connectivity index (χ1v) is 10.2. The average Bonchev–Trinajstić information content (AvgIpc) is 2.71. The van der Waals surface area contributed by atoms with Crippen molar-refractivity contribution in [2.24, 2.45) is 0 Å². The van der Waals surface area contributed by atoms with Crippen LogP contribution >= 0.6 is 11.6 Å². The Labute approximate surface area is 175 Å². The smallest absolute Gasteiger partial charge is 0.336 e. The number of nitrogens with zero attached hydrogens (tertiary/aromatic N) is 2. The summed E-state index contributed by atoms with van der Waals surface area (Å²) in [6.07, 6.45) is 0. The molecule has 0 radical (unpaired) electrons. The summed E-state index contributed by atoms with van der Waals surface area (Å²) in [7, 11) is 1.68. The first kappa shape index (κ1) is 20.0. The zero-order chi connectivity index (χ0) is 20.4. The molecule has 0 bridgehead atoms. The zero-order valence-electron chi connectivity index (χ0n) is 16.8. The van der Waals surface area contributed by atoms with Crippen LogP contribution < -0.4 is 10.4 Å². The highest BCUT2D eigenvalue weighted by atomic mass is 35.5. The van der Waals surface area contributed by atoms with Gasteiger partial charge in [0.2, 0.25) is 0 Å². The van der Waals surface area contributed by atoms with Crippen LogP contribution in [0.2, 0.25) is 5.02 Å². The molecule has 1 aliphatic heterocycles. The number of aryl methyl sites for hydroxylation is 1. The van der Waals surface area contributed by atoms with Crippen molar-refractivity contribution in [3.63, 3.8) is 0 Å². The Morgan fingerprint density at radius 2 is 1.66 bits per heavy atom. The van der Waals surface area contributed by atoms with Gasteiger partial charge in [0.25, 0.3) is 0 Å². The molecule has 152 valence electrons. The maximum absolute atomic E-state index is 12.0. The normalized spacial score (nSPS) is 15.7. The van der Waals surface area contributed by atoms with E-state index in [-0.39, 0.29) is 5.63 Å². The summed E-state index contributed by atoms with van der Waals surface area (Å²) >= 11 is 6.31. The van der Waals surface area contributed by atoms with Gasteiger partial charge in [0, 0.05) is 55.7 Å². The molecule has 0 saturated carbocycles. The van der Waals surface area contributed by atoms with Gasteiger partial charge in [0.05, 0.1) is 7.11 Å². The molecule has 0 N–H and O–H groups in total. The van der Waals surface area contributed by atoms with Crippen LogP contribution in [0.4, 0.5) is 0 Å². The fraction of sp³-hybridized carbons (Fsp3) is 0.348. The van der Waals surface area contributed by atoms with E-state index in [1.54, 1.807) is 13.2 Å². The van der Waals surface area contributed by atoms with E-state index in [0.717, 1.165) is 61.5 Å². The Morgan fingerprint density at radius 3 is 2.31 bits per heavy atom. The van der Waals surface area contributed by atoms with Gasteiger partial charge in [0.15, 0.2) is 0 Å². The largest absolute Gasteiger partial charge is 0.497 e. The van der Waals surface area contributed by atoms with Crippen LogP contribution in [0.15, 0.2) is 51.7 Å². The molecule has 1 saturated heterocycles. The zero-order valence-corrected chi connectivity index (χ0v) is 17.5. The van der Waals surface area contributed by atoms with Crippen LogP contribution in [0, 0.1) is 6.92 Å². The third kappa shape index (κ3) is 4.64. The van der Waals surface area contributed by atoms with Crippen molar-refractivity contribution in [3.8, 4) is 5.75 Å². The molecule has 2 aromatic carbocycles. The average molecular weight is 413 g/mol. The molecule has 3 aromatic rings. The van der Waals surface area contributed by atoms with E-state index in [1.165, 1.54) is 5.56 Å². The molecule has 0 unspecified atom stereocenters. The SMILES string of the molecule is COc1ccc(CN2CCN(Cc3cc(=O)oc4cc(C)c(Cl)cc34)CC2)cc1. The first-order chi connectivity index (χ1) is 14.0. The Morgan fingerprint density at radius 1 is 1.00 bits per heavy atom. The van der Waals surface area contributed by atoms with E-state index in [9.17, 15) is 4.79 Å². The van der Waals surface area contributed by atoms with Crippen molar-refractivity contribution in [1.82, 2.24) is 9.80 Å². The van der Waals surface area contributed by atoms with E-state index in [4.69, 9.17) is 20.8 Å². The van der Waals surface area contributed by atoms with Crippen molar-refractivity contribution < 1.29 is 9.15 Å². The summed E-state index contributed by atoms with van der Waals surface area (Å²) in [6.45, 7) is 7.46. The highest BCUT2D eigenvalue weighted by Gasteiger charge is 2.19. The minimum absolute atomic E-state index is 0.313. The Bertz CT molecular complexity index is 1050. The quantitative estimate of drug-likeness (QED) is 0.591. The van der Waals surface area contributed by atoms with Gasteiger partial charge in [-0.15, -0.1) is 0 Å². The maximum Gasteiger partial charge on any atom is 0.336 e. The molecule has 1 aliphatic rings. The van der Waals surface area contributed by atoms with Gasteiger partial charge in [-0.05, 0) is 47.9 Å². The second kappa shape index (κ2) is 8.57. The van der Waals surface area contributed by atoms with Crippen LogP contribution in [0.3, 0.4) is 0 Å². The van der Waals surface area contributed by atoms with E-state index in [0.29, 0.717) is 10.6 Å². The number of benzene rings is 2. The van der Waals surface area contributed by atoms with Crippen LogP contribution in [-0.4, -0.2) is 43.1 Å². The van der Waals surface area contributed by atoms with Crippen molar-refractivity contribution in [2.75, 3.05) is 33.3 Å². The molecule has 0 amide bonds. The minimum Gasteiger partial charge on any atom is -0.497 e. The number of methoxy groups -OCH3 is 1. The van der Waals surface area contributed by atoms with Crippen LogP contribution in [0.25, 0.3) is 11.0 Å². The van der Waals surface area contributed by atoms with Crippen LogP contribution in [0.5, 0.6) is 5.75 Å². The molecule has 1 fully saturated rings. The lowest BCUT2D eigenvalue weighted by Gasteiger charge is -2.34. The highest BCUT2D eigenvalue weighted by Crippen LogP contribution is 2.26. The van der Waals surface area contributed by atoms with Crippen molar-refractivity contribution in [3.05, 3.63) is 74.6 Å². The van der Waals surface area contributed by atoms with Crippen LogP contribution in [0.1, 0.15) is 16.7 Å². The summed E-state index contributed by atoms with van der Waals surface area (Å²) < 4.78 is 10.6. The lowest BCUT2D eigenvalue weighted by atomic mass is 10.1. The number of hydrogen-bond acceptors (Lipinski definition) is 5. The molecule has 0 atom stereocenters. The van der Waals surface area contributed by atoms with Gasteiger partial charge in [-0.2, -0.15) is 0 Å².